The maximum Gasteiger partial charge on any atom is 0.334 e. The van der Waals surface area contributed by atoms with Gasteiger partial charge in [0, 0.05) is 0 Å². The highest BCUT2D eigenvalue weighted by molar-refractivity contribution is 5.94. The molecule has 1 aliphatic rings. The molecule has 0 aromatic rings. The summed E-state index contributed by atoms with van der Waals surface area (Å²) in [6.45, 7) is 4.67. The molecule has 16 heavy (non-hydrogen) atoms. The monoisotopic (exact) mass is 231 g/mol. The standard InChI is InChI=1S/C10H17NO5/c1-4(2)6(12)10(9(15)16)7(13)5(3)8(14)11-10/h4-7,12-13H,1-3H3,(H,11,14)(H,15,16)/t5-,6+,7-,10-/m1/s1. The summed E-state index contributed by atoms with van der Waals surface area (Å²) in [6.07, 6.45) is -2.77. The molecule has 0 bridgehead atoms. The van der Waals surface area contributed by atoms with Crippen LogP contribution in [0.1, 0.15) is 20.8 Å². The van der Waals surface area contributed by atoms with Gasteiger partial charge in [-0.1, -0.05) is 20.8 Å². The van der Waals surface area contributed by atoms with Crippen LogP contribution in [0.4, 0.5) is 0 Å². The average molecular weight is 231 g/mol. The lowest BCUT2D eigenvalue weighted by Crippen LogP contribution is -2.65. The van der Waals surface area contributed by atoms with E-state index in [9.17, 15) is 19.8 Å². The van der Waals surface area contributed by atoms with E-state index in [4.69, 9.17) is 5.11 Å². The number of aliphatic hydroxyl groups excluding tert-OH is 2. The zero-order valence-corrected chi connectivity index (χ0v) is 9.47. The number of carbonyl (C=O) groups excluding carboxylic acids is 1. The number of nitrogens with one attached hydrogen (secondary N) is 1. The molecule has 0 spiro atoms. The minimum absolute atomic E-state index is 0.392. The molecule has 1 saturated heterocycles. The zero-order chi connectivity index (χ0) is 12.7. The summed E-state index contributed by atoms with van der Waals surface area (Å²) in [5.41, 5.74) is -2.00. The van der Waals surface area contributed by atoms with E-state index >= 15 is 0 Å². The van der Waals surface area contributed by atoms with Crippen LogP contribution in [0.25, 0.3) is 0 Å². The van der Waals surface area contributed by atoms with Crippen molar-refractivity contribution in [1.29, 1.82) is 0 Å². The van der Waals surface area contributed by atoms with Gasteiger partial charge in [0.25, 0.3) is 0 Å². The van der Waals surface area contributed by atoms with Crippen LogP contribution in [0.2, 0.25) is 0 Å². The molecule has 0 saturated carbocycles. The van der Waals surface area contributed by atoms with E-state index in [1.165, 1.54) is 6.92 Å². The second kappa shape index (κ2) is 4.03. The Morgan fingerprint density at radius 1 is 1.50 bits per heavy atom. The van der Waals surface area contributed by atoms with E-state index in [0.29, 0.717) is 0 Å². The van der Waals surface area contributed by atoms with Crippen LogP contribution in [0.3, 0.4) is 0 Å². The van der Waals surface area contributed by atoms with Gasteiger partial charge in [0.15, 0.2) is 5.54 Å². The lowest BCUT2D eigenvalue weighted by Gasteiger charge is -2.35. The van der Waals surface area contributed by atoms with Crippen LogP contribution in [-0.2, 0) is 9.59 Å². The molecule has 92 valence electrons. The summed E-state index contributed by atoms with van der Waals surface area (Å²) in [5.74, 6) is -3.21. The Morgan fingerprint density at radius 3 is 2.25 bits per heavy atom. The Bertz CT molecular complexity index is 316. The molecule has 1 aliphatic heterocycles. The van der Waals surface area contributed by atoms with E-state index < -0.39 is 41.5 Å². The zero-order valence-electron chi connectivity index (χ0n) is 9.47. The molecule has 0 aromatic heterocycles. The predicted molar refractivity (Wildman–Crippen MR) is 54.5 cm³/mol. The number of rotatable bonds is 3. The fourth-order valence-corrected chi connectivity index (χ4v) is 2.01. The van der Waals surface area contributed by atoms with Crippen molar-refractivity contribution in [2.45, 2.75) is 38.5 Å². The van der Waals surface area contributed by atoms with Crippen molar-refractivity contribution in [2.24, 2.45) is 11.8 Å². The van der Waals surface area contributed by atoms with Crippen LogP contribution in [0, 0.1) is 11.8 Å². The Balaban J connectivity index is 3.18. The second-order valence-electron chi connectivity index (χ2n) is 4.59. The van der Waals surface area contributed by atoms with Crippen molar-refractivity contribution in [1.82, 2.24) is 5.32 Å². The summed E-state index contributed by atoms with van der Waals surface area (Å²) >= 11 is 0. The molecule has 0 aromatic carbocycles. The largest absolute Gasteiger partial charge is 0.479 e. The predicted octanol–water partition coefficient (Wildman–Crippen LogP) is -1.05. The Labute approximate surface area is 93.3 Å². The molecule has 0 aliphatic carbocycles. The number of hydrogen-bond acceptors (Lipinski definition) is 4. The summed E-state index contributed by atoms with van der Waals surface area (Å²) in [7, 11) is 0. The van der Waals surface area contributed by atoms with E-state index in [0.717, 1.165) is 0 Å². The van der Waals surface area contributed by atoms with Crippen molar-refractivity contribution in [3.05, 3.63) is 0 Å². The minimum Gasteiger partial charge on any atom is -0.479 e. The van der Waals surface area contributed by atoms with Crippen molar-refractivity contribution in [3.8, 4) is 0 Å². The van der Waals surface area contributed by atoms with Crippen molar-refractivity contribution in [3.63, 3.8) is 0 Å². The second-order valence-corrected chi connectivity index (χ2v) is 4.59. The smallest absolute Gasteiger partial charge is 0.334 e. The van der Waals surface area contributed by atoms with Crippen molar-refractivity contribution in [2.75, 3.05) is 0 Å². The summed E-state index contributed by atoms with van der Waals surface area (Å²) < 4.78 is 0. The van der Waals surface area contributed by atoms with E-state index in [1.807, 2.05) is 0 Å². The first-order valence-corrected chi connectivity index (χ1v) is 5.16. The molecular weight excluding hydrogens is 214 g/mol. The third kappa shape index (κ3) is 1.58. The summed E-state index contributed by atoms with van der Waals surface area (Å²) in [5, 5.41) is 31.1. The van der Waals surface area contributed by atoms with Crippen LogP contribution in [0.15, 0.2) is 0 Å². The first-order chi connectivity index (χ1) is 7.25. The van der Waals surface area contributed by atoms with Gasteiger partial charge in [-0.05, 0) is 5.92 Å². The van der Waals surface area contributed by atoms with Crippen LogP contribution in [0.5, 0.6) is 0 Å². The molecule has 1 rings (SSSR count). The van der Waals surface area contributed by atoms with Crippen LogP contribution in [-0.4, -0.2) is 44.9 Å². The number of aliphatic carboxylic acids is 1. The van der Waals surface area contributed by atoms with Gasteiger partial charge >= 0.3 is 5.97 Å². The lowest BCUT2D eigenvalue weighted by molar-refractivity contribution is -0.158. The fourth-order valence-electron chi connectivity index (χ4n) is 2.01. The molecule has 1 fully saturated rings. The van der Waals surface area contributed by atoms with E-state index in [-0.39, 0.29) is 0 Å². The summed E-state index contributed by atoms with van der Waals surface area (Å²) in [4.78, 5) is 22.6. The van der Waals surface area contributed by atoms with Crippen molar-refractivity contribution >= 4 is 11.9 Å². The molecule has 0 radical (unpaired) electrons. The topological polar surface area (TPSA) is 107 Å². The number of aliphatic hydroxyl groups is 2. The highest BCUT2D eigenvalue weighted by atomic mass is 16.4. The normalized spacial score (nSPS) is 36.2. The molecule has 4 N–H and O–H groups in total. The quantitative estimate of drug-likeness (QED) is 0.496. The van der Waals surface area contributed by atoms with Crippen LogP contribution >= 0.6 is 0 Å². The third-order valence-electron chi connectivity index (χ3n) is 3.14. The molecule has 0 unspecified atom stereocenters. The molecule has 4 atom stereocenters. The van der Waals surface area contributed by atoms with Crippen molar-refractivity contribution < 1.29 is 24.9 Å². The highest BCUT2D eigenvalue weighted by Gasteiger charge is 2.61. The maximum atomic E-state index is 11.4. The SMILES string of the molecule is CC(C)[C@H](O)[C@@]1(C(=O)O)NC(=O)[C@H](C)[C@H]1O. The highest BCUT2D eigenvalue weighted by Crippen LogP contribution is 2.32. The lowest BCUT2D eigenvalue weighted by atomic mass is 9.80. The van der Waals surface area contributed by atoms with Gasteiger partial charge in [0.05, 0.1) is 12.0 Å². The first-order valence-electron chi connectivity index (χ1n) is 5.16. The number of carbonyl (C=O) groups is 2. The van der Waals surface area contributed by atoms with E-state index in [2.05, 4.69) is 5.32 Å². The average Bonchev–Trinajstić information content (AvgIpc) is 2.42. The minimum atomic E-state index is -2.00. The van der Waals surface area contributed by atoms with Gasteiger partial charge in [-0.3, -0.25) is 4.79 Å². The number of carboxylic acids is 1. The third-order valence-corrected chi connectivity index (χ3v) is 3.14. The molecule has 6 heteroatoms. The molecule has 6 nitrogen and oxygen atoms in total. The van der Waals surface area contributed by atoms with Gasteiger partial charge in [-0.15, -0.1) is 0 Å². The number of amides is 1. The molecule has 1 amide bonds. The van der Waals surface area contributed by atoms with E-state index in [1.54, 1.807) is 13.8 Å². The van der Waals surface area contributed by atoms with Gasteiger partial charge < -0.3 is 20.6 Å². The van der Waals surface area contributed by atoms with Gasteiger partial charge in [0.2, 0.25) is 5.91 Å². The van der Waals surface area contributed by atoms with Gasteiger partial charge in [0.1, 0.15) is 6.10 Å². The Hall–Kier alpha value is -1.14. The van der Waals surface area contributed by atoms with Gasteiger partial charge in [-0.25, -0.2) is 4.79 Å². The maximum absolute atomic E-state index is 11.4. The fraction of sp³-hybridized carbons (Fsp3) is 0.800. The summed E-state index contributed by atoms with van der Waals surface area (Å²) in [6, 6.07) is 0. The molecule has 1 heterocycles. The van der Waals surface area contributed by atoms with Crippen LogP contribution < -0.4 is 5.32 Å². The Morgan fingerprint density at radius 2 is 2.00 bits per heavy atom. The first kappa shape index (κ1) is 12.9. The van der Waals surface area contributed by atoms with Gasteiger partial charge in [-0.2, -0.15) is 0 Å². The number of carboxylic acid groups (broad SMARTS) is 1. The Kier molecular flexibility index (Phi) is 3.25. The molecular formula is C10H17NO5. The number of hydrogen-bond donors (Lipinski definition) is 4.